The van der Waals surface area contributed by atoms with Gasteiger partial charge in [-0.25, -0.2) is 4.98 Å². The van der Waals surface area contributed by atoms with E-state index in [1.165, 1.54) is 25.7 Å². The first-order chi connectivity index (χ1) is 8.20. The molecule has 96 valence electrons. The fraction of sp³-hybridized carbons (Fsp3) is 0.643. The van der Waals surface area contributed by atoms with E-state index < -0.39 is 0 Å². The first kappa shape index (κ1) is 13.8. The summed E-state index contributed by atoms with van der Waals surface area (Å²) in [6.07, 6.45) is 6.65. The van der Waals surface area contributed by atoms with Crippen molar-refractivity contribution in [3.8, 4) is 0 Å². The van der Waals surface area contributed by atoms with Crippen LogP contribution in [0.1, 0.15) is 45.1 Å². The van der Waals surface area contributed by atoms with Gasteiger partial charge in [-0.3, -0.25) is 0 Å². The molecule has 1 aromatic rings. The summed E-state index contributed by atoms with van der Waals surface area (Å²) in [5, 5.41) is 0. The van der Waals surface area contributed by atoms with Gasteiger partial charge in [0, 0.05) is 19.3 Å². The predicted octanol–water partition coefficient (Wildman–Crippen LogP) is 3.38. The monoisotopic (exact) mass is 235 g/mol. The van der Waals surface area contributed by atoms with Crippen LogP contribution in [-0.2, 0) is 0 Å². The zero-order valence-electron chi connectivity index (χ0n) is 11.4. The number of pyridine rings is 1. The molecule has 0 aliphatic heterocycles. The number of aromatic nitrogens is 1. The molecule has 0 aliphatic rings. The third-order valence-corrected chi connectivity index (χ3v) is 3.05. The molecular formula is C14H25N3. The van der Waals surface area contributed by atoms with Gasteiger partial charge in [0.2, 0.25) is 0 Å². The average molecular weight is 235 g/mol. The van der Waals surface area contributed by atoms with Crippen molar-refractivity contribution in [3.05, 3.63) is 17.8 Å². The van der Waals surface area contributed by atoms with Crippen LogP contribution in [0.15, 0.2) is 12.3 Å². The molecule has 1 aromatic heterocycles. The maximum absolute atomic E-state index is 6.12. The second kappa shape index (κ2) is 7.15. The molecule has 0 saturated carbocycles. The van der Waals surface area contributed by atoms with Crippen LogP contribution >= 0.6 is 0 Å². The highest BCUT2D eigenvalue weighted by molar-refractivity contribution is 5.66. The van der Waals surface area contributed by atoms with Gasteiger partial charge >= 0.3 is 0 Å². The SMILES string of the molecule is CCCCN(CCCC)c1nccc(C)c1N. The highest BCUT2D eigenvalue weighted by Crippen LogP contribution is 2.23. The Bertz CT molecular complexity index is 328. The molecule has 2 N–H and O–H groups in total. The lowest BCUT2D eigenvalue weighted by Gasteiger charge is -2.25. The van der Waals surface area contributed by atoms with E-state index in [9.17, 15) is 0 Å². The number of rotatable bonds is 7. The Kier molecular flexibility index (Phi) is 5.81. The second-order valence-corrected chi connectivity index (χ2v) is 4.56. The Labute approximate surface area is 105 Å². The summed E-state index contributed by atoms with van der Waals surface area (Å²) in [4.78, 5) is 6.77. The molecule has 1 heterocycles. The molecule has 0 aliphatic carbocycles. The van der Waals surface area contributed by atoms with E-state index in [4.69, 9.17) is 5.73 Å². The van der Waals surface area contributed by atoms with E-state index in [2.05, 4.69) is 23.7 Å². The van der Waals surface area contributed by atoms with Crippen molar-refractivity contribution in [2.75, 3.05) is 23.7 Å². The molecule has 0 saturated heterocycles. The molecule has 0 radical (unpaired) electrons. The Morgan fingerprint density at radius 1 is 1.18 bits per heavy atom. The largest absolute Gasteiger partial charge is 0.396 e. The Balaban J connectivity index is 2.83. The van der Waals surface area contributed by atoms with Gasteiger partial charge in [0.05, 0.1) is 5.69 Å². The summed E-state index contributed by atoms with van der Waals surface area (Å²) >= 11 is 0. The van der Waals surface area contributed by atoms with Crippen molar-refractivity contribution in [2.24, 2.45) is 0 Å². The van der Waals surface area contributed by atoms with Crippen LogP contribution in [0, 0.1) is 6.92 Å². The molecule has 3 heteroatoms. The third kappa shape index (κ3) is 3.91. The maximum Gasteiger partial charge on any atom is 0.152 e. The number of anilines is 2. The molecule has 0 fully saturated rings. The molecule has 0 spiro atoms. The average Bonchev–Trinajstić information content (AvgIpc) is 2.34. The zero-order valence-corrected chi connectivity index (χ0v) is 11.4. The Morgan fingerprint density at radius 2 is 1.76 bits per heavy atom. The number of hydrogen-bond donors (Lipinski definition) is 1. The lowest BCUT2D eigenvalue weighted by Crippen LogP contribution is -2.27. The summed E-state index contributed by atoms with van der Waals surface area (Å²) in [5.74, 6) is 0.965. The lowest BCUT2D eigenvalue weighted by atomic mass is 10.2. The third-order valence-electron chi connectivity index (χ3n) is 3.05. The van der Waals surface area contributed by atoms with Gasteiger partial charge in [-0.1, -0.05) is 26.7 Å². The quantitative estimate of drug-likeness (QED) is 0.787. The lowest BCUT2D eigenvalue weighted by molar-refractivity contribution is 0.672. The number of hydrogen-bond acceptors (Lipinski definition) is 3. The van der Waals surface area contributed by atoms with Crippen molar-refractivity contribution in [1.82, 2.24) is 4.98 Å². The van der Waals surface area contributed by atoms with E-state index in [0.717, 1.165) is 30.2 Å². The summed E-state index contributed by atoms with van der Waals surface area (Å²) in [7, 11) is 0. The van der Waals surface area contributed by atoms with E-state index in [-0.39, 0.29) is 0 Å². The van der Waals surface area contributed by atoms with E-state index in [1.54, 1.807) is 0 Å². The minimum absolute atomic E-state index is 0.833. The van der Waals surface area contributed by atoms with Crippen LogP contribution in [0.3, 0.4) is 0 Å². The minimum atomic E-state index is 0.833. The molecule has 3 nitrogen and oxygen atoms in total. The fourth-order valence-electron chi connectivity index (χ4n) is 1.83. The normalized spacial score (nSPS) is 10.5. The molecule has 17 heavy (non-hydrogen) atoms. The smallest absolute Gasteiger partial charge is 0.152 e. The minimum Gasteiger partial charge on any atom is -0.396 e. The molecular weight excluding hydrogens is 210 g/mol. The topological polar surface area (TPSA) is 42.2 Å². The number of nitrogen functional groups attached to an aromatic ring is 1. The number of nitrogens with zero attached hydrogens (tertiary/aromatic N) is 2. The van der Waals surface area contributed by atoms with E-state index in [1.807, 2.05) is 19.2 Å². The first-order valence-electron chi connectivity index (χ1n) is 6.66. The zero-order chi connectivity index (χ0) is 12.7. The molecule has 0 bridgehead atoms. The second-order valence-electron chi connectivity index (χ2n) is 4.56. The molecule has 0 amide bonds. The Morgan fingerprint density at radius 3 is 2.29 bits per heavy atom. The molecule has 0 unspecified atom stereocenters. The number of aryl methyl sites for hydroxylation is 1. The maximum atomic E-state index is 6.12. The van der Waals surface area contributed by atoms with Gasteiger partial charge in [0.1, 0.15) is 0 Å². The summed E-state index contributed by atoms with van der Waals surface area (Å²) < 4.78 is 0. The Hall–Kier alpha value is -1.25. The van der Waals surface area contributed by atoms with Crippen LogP contribution in [0.4, 0.5) is 11.5 Å². The van der Waals surface area contributed by atoms with Gasteiger partial charge in [0.15, 0.2) is 5.82 Å². The molecule has 0 aromatic carbocycles. The van der Waals surface area contributed by atoms with Crippen LogP contribution in [0.5, 0.6) is 0 Å². The summed E-state index contributed by atoms with van der Waals surface area (Å²) in [6.45, 7) is 8.57. The van der Waals surface area contributed by atoms with Crippen molar-refractivity contribution in [3.63, 3.8) is 0 Å². The van der Waals surface area contributed by atoms with E-state index >= 15 is 0 Å². The van der Waals surface area contributed by atoms with Gasteiger partial charge < -0.3 is 10.6 Å². The van der Waals surface area contributed by atoms with Crippen molar-refractivity contribution < 1.29 is 0 Å². The highest BCUT2D eigenvalue weighted by atomic mass is 15.2. The summed E-state index contributed by atoms with van der Waals surface area (Å²) in [6, 6.07) is 1.97. The van der Waals surface area contributed by atoms with Gasteiger partial charge in [0.25, 0.3) is 0 Å². The van der Waals surface area contributed by atoms with Crippen LogP contribution < -0.4 is 10.6 Å². The van der Waals surface area contributed by atoms with Gasteiger partial charge in [-0.15, -0.1) is 0 Å². The number of unbranched alkanes of at least 4 members (excludes halogenated alkanes) is 2. The fourth-order valence-corrected chi connectivity index (χ4v) is 1.83. The molecule has 1 rings (SSSR count). The van der Waals surface area contributed by atoms with Crippen LogP contribution in [0.2, 0.25) is 0 Å². The predicted molar refractivity (Wildman–Crippen MR) is 75.4 cm³/mol. The van der Waals surface area contributed by atoms with Crippen LogP contribution in [0.25, 0.3) is 0 Å². The molecule has 0 atom stereocenters. The van der Waals surface area contributed by atoms with Crippen LogP contribution in [-0.4, -0.2) is 18.1 Å². The highest BCUT2D eigenvalue weighted by Gasteiger charge is 2.11. The van der Waals surface area contributed by atoms with Gasteiger partial charge in [-0.05, 0) is 31.4 Å². The van der Waals surface area contributed by atoms with E-state index in [0.29, 0.717) is 0 Å². The van der Waals surface area contributed by atoms with Crippen molar-refractivity contribution >= 4 is 11.5 Å². The van der Waals surface area contributed by atoms with Gasteiger partial charge in [-0.2, -0.15) is 0 Å². The standard InChI is InChI=1S/C14H25N3/c1-4-6-10-17(11-7-5-2)14-13(15)12(3)8-9-16-14/h8-9H,4-7,10-11,15H2,1-3H3. The van der Waals surface area contributed by atoms with Crippen molar-refractivity contribution in [1.29, 1.82) is 0 Å². The first-order valence-corrected chi connectivity index (χ1v) is 6.66. The number of nitrogens with two attached hydrogens (primary N) is 1. The summed E-state index contributed by atoms with van der Waals surface area (Å²) in [5.41, 5.74) is 8.07. The van der Waals surface area contributed by atoms with Crippen molar-refractivity contribution in [2.45, 2.75) is 46.5 Å².